The molecule has 0 aliphatic carbocycles. The third-order valence-corrected chi connectivity index (χ3v) is 9.47. The molecule has 2 aromatic heterocycles. The maximum atomic E-state index is 13.7. The molecule has 0 spiro atoms. The van der Waals surface area contributed by atoms with Crippen LogP contribution in [0.5, 0.6) is 0 Å². The molecule has 222 valence electrons. The Labute approximate surface area is 253 Å². The number of nitrogens with one attached hydrogen (secondary N) is 2. The summed E-state index contributed by atoms with van der Waals surface area (Å²) >= 11 is 0. The molecule has 2 aliphatic rings. The zero-order valence-electron chi connectivity index (χ0n) is 24.8. The number of urea groups is 1. The fourth-order valence-corrected chi connectivity index (χ4v) is 7.64. The number of carbonyl (C=O) groups is 2. The molecule has 8 rings (SSSR count). The molecule has 6 aromatic rings. The third-order valence-electron chi connectivity index (χ3n) is 9.47. The number of benzene rings is 4. The highest BCUT2D eigenvalue weighted by Gasteiger charge is 2.47. The lowest BCUT2D eigenvalue weighted by Crippen LogP contribution is -2.54. The van der Waals surface area contributed by atoms with Crippen LogP contribution in [0.3, 0.4) is 0 Å². The van der Waals surface area contributed by atoms with Crippen molar-refractivity contribution in [2.75, 3.05) is 26.5 Å². The van der Waals surface area contributed by atoms with E-state index in [9.17, 15) is 9.59 Å². The first-order valence-electron chi connectivity index (χ1n) is 14.9. The number of para-hydroxylation sites is 3. The van der Waals surface area contributed by atoms with E-state index in [0.29, 0.717) is 18.5 Å². The summed E-state index contributed by atoms with van der Waals surface area (Å²) in [5.74, 6) is 0. The Morgan fingerprint density at radius 1 is 0.955 bits per heavy atom. The molecule has 9 heteroatoms. The SMILES string of the molecule is CNCc1c(C=O)c2c3ccccc3n3c2c2c1c1ccccc1n2C1OC3CC(N(C)C(=O)Nc2ccccc2)C1OC. The lowest BCUT2D eigenvalue weighted by atomic mass is 9.95. The molecule has 4 unspecified atom stereocenters. The van der Waals surface area contributed by atoms with Gasteiger partial charge in [-0.1, -0.05) is 54.6 Å². The van der Waals surface area contributed by atoms with E-state index in [4.69, 9.17) is 9.47 Å². The van der Waals surface area contributed by atoms with Gasteiger partial charge in [0.05, 0.1) is 28.1 Å². The highest BCUT2D eigenvalue weighted by atomic mass is 16.6. The molecule has 2 bridgehead atoms. The van der Waals surface area contributed by atoms with Crippen molar-refractivity contribution in [2.45, 2.75) is 37.6 Å². The highest BCUT2D eigenvalue weighted by molar-refractivity contribution is 6.28. The van der Waals surface area contributed by atoms with Crippen LogP contribution in [0.2, 0.25) is 0 Å². The van der Waals surface area contributed by atoms with Crippen molar-refractivity contribution in [3.63, 3.8) is 0 Å². The summed E-state index contributed by atoms with van der Waals surface area (Å²) < 4.78 is 17.8. The number of ether oxygens (including phenoxy) is 2. The first-order chi connectivity index (χ1) is 21.6. The molecule has 2 amide bonds. The molecule has 4 atom stereocenters. The number of fused-ring (bicyclic) bond motifs is 10. The van der Waals surface area contributed by atoms with Crippen molar-refractivity contribution >= 4 is 61.6 Å². The molecule has 4 aromatic carbocycles. The van der Waals surface area contributed by atoms with Gasteiger partial charge < -0.3 is 34.1 Å². The summed E-state index contributed by atoms with van der Waals surface area (Å²) in [4.78, 5) is 28.4. The normalized spacial score (nSPS) is 20.9. The van der Waals surface area contributed by atoms with Crippen molar-refractivity contribution in [1.29, 1.82) is 0 Å². The number of aldehydes is 1. The second-order valence-corrected chi connectivity index (χ2v) is 11.7. The smallest absolute Gasteiger partial charge is 0.321 e. The summed E-state index contributed by atoms with van der Waals surface area (Å²) in [7, 11) is 5.41. The zero-order chi connectivity index (χ0) is 30.1. The number of carbonyl (C=O) groups excluding carboxylic acids is 2. The Hall–Kier alpha value is -4.70. The number of likely N-dealkylation sites (N-methyl/N-ethyl adjacent to an activating group) is 1. The number of rotatable bonds is 6. The second kappa shape index (κ2) is 10.2. The maximum absolute atomic E-state index is 13.7. The van der Waals surface area contributed by atoms with Crippen LogP contribution in [0, 0.1) is 0 Å². The zero-order valence-corrected chi connectivity index (χ0v) is 24.8. The van der Waals surface area contributed by atoms with E-state index in [-0.39, 0.29) is 12.1 Å². The van der Waals surface area contributed by atoms with E-state index in [1.165, 1.54) is 0 Å². The van der Waals surface area contributed by atoms with Gasteiger partial charge in [0.2, 0.25) is 0 Å². The summed E-state index contributed by atoms with van der Waals surface area (Å²) in [6, 6.07) is 25.4. The minimum absolute atomic E-state index is 0.219. The molecular formula is C35H33N5O4. The largest absolute Gasteiger partial charge is 0.375 e. The van der Waals surface area contributed by atoms with Gasteiger partial charge in [-0.3, -0.25) is 4.79 Å². The van der Waals surface area contributed by atoms with E-state index >= 15 is 0 Å². The predicted molar refractivity (Wildman–Crippen MR) is 172 cm³/mol. The molecule has 9 nitrogen and oxygen atoms in total. The fraction of sp³-hybridized carbons (Fsp3) is 0.257. The van der Waals surface area contributed by atoms with Crippen molar-refractivity contribution in [2.24, 2.45) is 0 Å². The lowest BCUT2D eigenvalue weighted by Gasteiger charge is -2.44. The van der Waals surface area contributed by atoms with E-state index in [0.717, 1.165) is 61.1 Å². The number of amides is 2. The number of methoxy groups -OCH3 is 1. The number of hydrogen-bond acceptors (Lipinski definition) is 5. The second-order valence-electron chi connectivity index (χ2n) is 11.7. The Kier molecular flexibility index (Phi) is 6.23. The monoisotopic (exact) mass is 587 g/mol. The van der Waals surface area contributed by atoms with Crippen molar-refractivity contribution < 1.29 is 19.1 Å². The quantitative estimate of drug-likeness (QED) is 0.220. The summed E-state index contributed by atoms with van der Waals surface area (Å²) in [5, 5.41) is 10.4. The first-order valence-corrected chi connectivity index (χ1v) is 14.9. The fourth-order valence-electron chi connectivity index (χ4n) is 7.64. The summed E-state index contributed by atoms with van der Waals surface area (Å²) in [6.45, 7) is 0.529. The molecule has 1 fully saturated rings. The Balaban J connectivity index is 1.44. The first kappa shape index (κ1) is 26.9. The van der Waals surface area contributed by atoms with Gasteiger partial charge in [0.25, 0.3) is 0 Å². The third kappa shape index (κ3) is 3.63. The minimum atomic E-state index is -0.537. The lowest BCUT2D eigenvalue weighted by molar-refractivity contribution is -0.202. The summed E-state index contributed by atoms with van der Waals surface area (Å²) in [5.41, 5.74) is 6.34. The average Bonchev–Trinajstić information content (AvgIpc) is 3.54. The Morgan fingerprint density at radius 2 is 1.59 bits per heavy atom. The maximum Gasteiger partial charge on any atom is 0.321 e. The topological polar surface area (TPSA) is 89.8 Å². The summed E-state index contributed by atoms with van der Waals surface area (Å²) in [6.07, 6.45) is 0.0819. The van der Waals surface area contributed by atoms with Gasteiger partial charge in [-0.15, -0.1) is 0 Å². The van der Waals surface area contributed by atoms with Crippen LogP contribution in [-0.4, -0.2) is 59.7 Å². The molecule has 4 heterocycles. The number of anilines is 1. The number of aromatic nitrogens is 2. The van der Waals surface area contributed by atoms with E-state index in [1.807, 2.05) is 68.7 Å². The van der Waals surface area contributed by atoms with Crippen molar-refractivity contribution in [3.8, 4) is 0 Å². The number of nitrogens with zero attached hydrogens (tertiary/aromatic N) is 3. The standard InChI is InChI=1S/C35H33N5O4/c1-36-18-23-24(19-41)30-21-13-7-9-15-25(21)39-28-17-27(38(2)35(42)37-20-11-5-4-6-12-20)33(43-3)34(44-28)40-26-16-10-8-14-22(26)29(23)32(40)31(30)39/h4-16,19,27-28,33-34,36H,17-18H2,1-3H3,(H,37,42). The van der Waals surface area contributed by atoms with E-state index < -0.39 is 18.6 Å². The number of hydrogen-bond donors (Lipinski definition) is 2. The average molecular weight is 588 g/mol. The van der Waals surface area contributed by atoms with Crippen LogP contribution >= 0.6 is 0 Å². The van der Waals surface area contributed by atoms with Crippen molar-refractivity contribution in [1.82, 2.24) is 19.4 Å². The molecule has 1 saturated heterocycles. The molecular weight excluding hydrogens is 554 g/mol. The van der Waals surface area contributed by atoms with Crippen molar-refractivity contribution in [3.05, 3.63) is 90.0 Å². The predicted octanol–water partition coefficient (Wildman–Crippen LogP) is 6.41. The van der Waals surface area contributed by atoms with Gasteiger partial charge in [0.15, 0.2) is 12.5 Å². The Bertz CT molecular complexity index is 2100. The molecule has 2 aliphatic heterocycles. The minimum Gasteiger partial charge on any atom is -0.375 e. The van der Waals surface area contributed by atoms with Gasteiger partial charge in [-0.25, -0.2) is 4.79 Å². The van der Waals surface area contributed by atoms with Crippen LogP contribution in [0.25, 0.3) is 43.6 Å². The highest BCUT2D eigenvalue weighted by Crippen LogP contribution is 2.51. The van der Waals surface area contributed by atoms with Crippen LogP contribution < -0.4 is 10.6 Å². The molecule has 0 radical (unpaired) electrons. The van der Waals surface area contributed by atoms with Crippen LogP contribution in [0.1, 0.15) is 34.8 Å². The van der Waals surface area contributed by atoms with Gasteiger partial charge in [0.1, 0.15) is 12.3 Å². The van der Waals surface area contributed by atoms with Gasteiger partial charge in [0, 0.05) is 59.9 Å². The van der Waals surface area contributed by atoms with Gasteiger partial charge >= 0.3 is 6.03 Å². The molecule has 44 heavy (non-hydrogen) atoms. The molecule has 2 N–H and O–H groups in total. The molecule has 0 saturated carbocycles. The van der Waals surface area contributed by atoms with E-state index in [1.54, 1.807) is 12.0 Å². The van der Waals surface area contributed by atoms with Crippen LogP contribution in [-0.2, 0) is 16.0 Å². The van der Waals surface area contributed by atoms with E-state index in [2.05, 4.69) is 44.0 Å². The van der Waals surface area contributed by atoms with Gasteiger partial charge in [-0.2, -0.15) is 0 Å². The van der Waals surface area contributed by atoms with Crippen LogP contribution in [0.15, 0.2) is 78.9 Å². The van der Waals surface area contributed by atoms with Crippen LogP contribution in [0.4, 0.5) is 10.5 Å². The van der Waals surface area contributed by atoms with Gasteiger partial charge in [-0.05, 0) is 36.9 Å². The Morgan fingerprint density at radius 3 is 2.27 bits per heavy atom.